The number of ether oxygens (including phenoxy) is 2. The highest BCUT2D eigenvalue weighted by atomic mass is 19.4. The average Bonchev–Trinajstić information content (AvgIpc) is 2.54. The zero-order valence-electron chi connectivity index (χ0n) is 15.0. The summed E-state index contributed by atoms with van der Waals surface area (Å²) in [4.78, 5) is 3.95. The molecule has 0 radical (unpaired) electrons. The molecule has 0 saturated heterocycles. The van der Waals surface area contributed by atoms with Crippen molar-refractivity contribution in [2.75, 3.05) is 26.8 Å². The molecule has 0 bridgehead atoms. The molecule has 0 saturated carbocycles. The molecule has 1 atom stereocenters. The van der Waals surface area contributed by atoms with E-state index in [1.165, 1.54) is 7.05 Å². The van der Waals surface area contributed by atoms with Crippen LogP contribution >= 0.6 is 0 Å². The van der Waals surface area contributed by atoms with Gasteiger partial charge in [-0.1, -0.05) is 6.07 Å². The molecule has 1 unspecified atom stereocenters. The molecule has 0 aliphatic carbocycles. The average molecular weight is 361 g/mol. The largest absolute Gasteiger partial charge is 0.490 e. The van der Waals surface area contributed by atoms with Crippen LogP contribution in [0, 0.1) is 0 Å². The lowest BCUT2D eigenvalue weighted by atomic mass is 10.1. The van der Waals surface area contributed by atoms with E-state index in [0.29, 0.717) is 30.7 Å². The van der Waals surface area contributed by atoms with Crippen LogP contribution in [0.25, 0.3) is 0 Å². The molecular formula is C17H26F3N3O2. The minimum Gasteiger partial charge on any atom is -0.490 e. The third-order valence-electron chi connectivity index (χ3n) is 3.35. The molecule has 8 heteroatoms. The van der Waals surface area contributed by atoms with Gasteiger partial charge in [-0.15, -0.1) is 0 Å². The number of halogens is 3. The summed E-state index contributed by atoms with van der Waals surface area (Å²) in [5.74, 6) is 1.60. The molecule has 1 rings (SSSR count). The SMILES string of the molecule is CCOc1ccc(C(C)NC(=NC)NCCC(F)(F)F)cc1OCC. The molecule has 2 N–H and O–H groups in total. The number of nitrogens with one attached hydrogen (secondary N) is 2. The zero-order chi connectivity index (χ0) is 18.9. The van der Waals surface area contributed by atoms with Gasteiger partial charge in [0.25, 0.3) is 0 Å². The summed E-state index contributed by atoms with van der Waals surface area (Å²) >= 11 is 0. The van der Waals surface area contributed by atoms with Gasteiger partial charge in [0, 0.05) is 13.6 Å². The van der Waals surface area contributed by atoms with Crippen molar-refractivity contribution < 1.29 is 22.6 Å². The molecular weight excluding hydrogens is 335 g/mol. The van der Waals surface area contributed by atoms with Crippen LogP contribution in [0.2, 0.25) is 0 Å². The summed E-state index contributed by atoms with van der Waals surface area (Å²) in [6.45, 7) is 6.47. The first-order chi connectivity index (χ1) is 11.8. The quantitative estimate of drug-likeness (QED) is 0.548. The first-order valence-electron chi connectivity index (χ1n) is 8.24. The van der Waals surface area contributed by atoms with Crippen molar-refractivity contribution in [3.05, 3.63) is 23.8 Å². The molecule has 142 valence electrons. The van der Waals surface area contributed by atoms with E-state index in [1.807, 2.05) is 39.0 Å². The van der Waals surface area contributed by atoms with Crippen molar-refractivity contribution in [2.45, 2.75) is 39.4 Å². The molecule has 0 amide bonds. The van der Waals surface area contributed by atoms with Gasteiger partial charge in [0.15, 0.2) is 17.5 Å². The molecule has 0 heterocycles. The Balaban J connectivity index is 2.74. The number of benzene rings is 1. The predicted molar refractivity (Wildman–Crippen MR) is 92.4 cm³/mol. The number of hydrogen-bond donors (Lipinski definition) is 2. The number of hydrogen-bond acceptors (Lipinski definition) is 3. The van der Waals surface area contributed by atoms with Crippen molar-refractivity contribution in [3.8, 4) is 11.5 Å². The smallest absolute Gasteiger partial charge is 0.390 e. The second kappa shape index (κ2) is 10.0. The summed E-state index contributed by atoms with van der Waals surface area (Å²) in [6.07, 6.45) is -5.11. The Morgan fingerprint density at radius 3 is 2.36 bits per heavy atom. The Morgan fingerprint density at radius 2 is 1.80 bits per heavy atom. The maximum absolute atomic E-state index is 12.2. The lowest BCUT2D eigenvalue weighted by molar-refractivity contribution is -0.132. The van der Waals surface area contributed by atoms with Crippen LogP contribution in [-0.2, 0) is 0 Å². The van der Waals surface area contributed by atoms with Gasteiger partial charge in [0.2, 0.25) is 0 Å². The van der Waals surface area contributed by atoms with E-state index >= 15 is 0 Å². The maximum Gasteiger partial charge on any atom is 0.390 e. The third kappa shape index (κ3) is 7.53. The lowest BCUT2D eigenvalue weighted by Gasteiger charge is -2.20. The van der Waals surface area contributed by atoms with Gasteiger partial charge in [-0.25, -0.2) is 0 Å². The highest BCUT2D eigenvalue weighted by Crippen LogP contribution is 2.30. The summed E-state index contributed by atoms with van der Waals surface area (Å²) in [7, 11) is 1.51. The van der Waals surface area contributed by atoms with Crippen molar-refractivity contribution >= 4 is 5.96 Å². The molecule has 1 aromatic rings. The molecule has 0 fully saturated rings. The van der Waals surface area contributed by atoms with Crippen molar-refractivity contribution in [2.24, 2.45) is 4.99 Å². The zero-order valence-corrected chi connectivity index (χ0v) is 15.0. The minimum absolute atomic E-state index is 0.174. The number of rotatable bonds is 8. The number of aliphatic imine (C=N–C) groups is 1. The van der Waals surface area contributed by atoms with Crippen LogP contribution in [0.5, 0.6) is 11.5 Å². The van der Waals surface area contributed by atoms with E-state index in [4.69, 9.17) is 9.47 Å². The van der Waals surface area contributed by atoms with Crippen molar-refractivity contribution in [3.63, 3.8) is 0 Å². The topological polar surface area (TPSA) is 54.9 Å². The highest BCUT2D eigenvalue weighted by molar-refractivity contribution is 5.80. The summed E-state index contributed by atoms with van der Waals surface area (Å²) in [5, 5.41) is 5.73. The van der Waals surface area contributed by atoms with Crippen LogP contribution in [0.4, 0.5) is 13.2 Å². The van der Waals surface area contributed by atoms with E-state index in [0.717, 1.165) is 5.56 Å². The lowest BCUT2D eigenvalue weighted by Crippen LogP contribution is -2.40. The van der Waals surface area contributed by atoms with E-state index in [2.05, 4.69) is 15.6 Å². The molecule has 1 aromatic carbocycles. The van der Waals surface area contributed by atoms with Gasteiger partial charge in [-0.3, -0.25) is 4.99 Å². The van der Waals surface area contributed by atoms with Gasteiger partial charge < -0.3 is 20.1 Å². The fourth-order valence-corrected chi connectivity index (χ4v) is 2.14. The second-order valence-electron chi connectivity index (χ2n) is 5.30. The first-order valence-corrected chi connectivity index (χ1v) is 8.24. The summed E-state index contributed by atoms with van der Waals surface area (Å²) in [5.41, 5.74) is 0.908. The van der Waals surface area contributed by atoms with Gasteiger partial charge in [0.05, 0.1) is 25.7 Å². The molecule has 0 aliphatic heterocycles. The van der Waals surface area contributed by atoms with Gasteiger partial charge in [-0.05, 0) is 38.5 Å². The molecule has 0 spiro atoms. The number of alkyl halides is 3. The molecule has 25 heavy (non-hydrogen) atoms. The van der Waals surface area contributed by atoms with Gasteiger partial charge in [0.1, 0.15) is 0 Å². The Labute approximate surface area is 146 Å². The van der Waals surface area contributed by atoms with Crippen LogP contribution in [0.3, 0.4) is 0 Å². The molecule has 0 aliphatic rings. The first kappa shape index (κ1) is 20.9. The van der Waals surface area contributed by atoms with Crippen LogP contribution in [0.15, 0.2) is 23.2 Å². The minimum atomic E-state index is -4.20. The van der Waals surface area contributed by atoms with E-state index in [-0.39, 0.29) is 12.6 Å². The normalized spacial score (nSPS) is 13.3. The third-order valence-corrected chi connectivity index (χ3v) is 3.35. The maximum atomic E-state index is 12.2. The Morgan fingerprint density at radius 1 is 1.16 bits per heavy atom. The van der Waals surface area contributed by atoms with Crippen LogP contribution < -0.4 is 20.1 Å². The predicted octanol–water partition coefficient (Wildman–Crippen LogP) is 3.66. The van der Waals surface area contributed by atoms with Crippen LogP contribution in [-0.4, -0.2) is 38.9 Å². The van der Waals surface area contributed by atoms with E-state index in [9.17, 15) is 13.2 Å². The molecule has 5 nitrogen and oxygen atoms in total. The van der Waals surface area contributed by atoms with E-state index in [1.54, 1.807) is 0 Å². The Hall–Kier alpha value is -2.12. The monoisotopic (exact) mass is 361 g/mol. The van der Waals surface area contributed by atoms with Gasteiger partial charge in [-0.2, -0.15) is 13.2 Å². The van der Waals surface area contributed by atoms with Crippen molar-refractivity contribution in [1.82, 2.24) is 10.6 Å². The standard InChI is InChI=1S/C17H26F3N3O2/c1-5-24-14-8-7-13(11-15(14)25-6-2)12(3)23-16(21-4)22-10-9-17(18,19)20/h7-8,11-12H,5-6,9-10H2,1-4H3,(H2,21,22,23). The summed E-state index contributed by atoms with van der Waals surface area (Å²) < 4.78 is 47.8. The Kier molecular flexibility index (Phi) is 8.37. The Bertz CT molecular complexity index is 563. The number of guanidine groups is 1. The molecule has 0 aromatic heterocycles. The second-order valence-corrected chi connectivity index (χ2v) is 5.30. The van der Waals surface area contributed by atoms with Crippen molar-refractivity contribution in [1.29, 1.82) is 0 Å². The van der Waals surface area contributed by atoms with Crippen LogP contribution in [0.1, 0.15) is 38.8 Å². The number of nitrogens with zero attached hydrogens (tertiary/aromatic N) is 1. The van der Waals surface area contributed by atoms with Gasteiger partial charge >= 0.3 is 6.18 Å². The van der Waals surface area contributed by atoms with E-state index < -0.39 is 12.6 Å². The highest BCUT2D eigenvalue weighted by Gasteiger charge is 2.26. The fourth-order valence-electron chi connectivity index (χ4n) is 2.14. The fraction of sp³-hybridized carbons (Fsp3) is 0.588. The summed E-state index contributed by atoms with van der Waals surface area (Å²) in [6, 6.07) is 5.39.